The van der Waals surface area contributed by atoms with Gasteiger partial charge in [-0.3, -0.25) is 0 Å². The van der Waals surface area contributed by atoms with Crippen LogP contribution in [0.15, 0.2) is 30.5 Å². The first-order valence-corrected chi connectivity index (χ1v) is 5.00. The Bertz CT molecular complexity index is 471. The first-order chi connectivity index (χ1) is 7.22. The topological polar surface area (TPSA) is 43.8 Å². The van der Waals surface area contributed by atoms with Crippen LogP contribution in [0.5, 0.6) is 0 Å². The number of nitrogens with two attached hydrogens (primary N) is 1. The van der Waals surface area contributed by atoms with Crippen LogP contribution >= 0.6 is 0 Å². The monoisotopic (exact) mass is 201 g/mol. The molecule has 78 valence electrons. The van der Waals surface area contributed by atoms with Gasteiger partial charge in [-0.2, -0.15) is 0 Å². The number of aromatic nitrogens is 2. The molecule has 2 aromatic rings. The largest absolute Gasteiger partial charge is 0.330 e. The average molecular weight is 201 g/mol. The van der Waals surface area contributed by atoms with Crippen molar-refractivity contribution in [1.29, 1.82) is 0 Å². The van der Waals surface area contributed by atoms with E-state index in [1.54, 1.807) is 0 Å². The zero-order valence-corrected chi connectivity index (χ0v) is 9.07. The Morgan fingerprint density at radius 3 is 2.80 bits per heavy atom. The maximum atomic E-state index is 5.61. The van der Waals surface area contributed by atoms with Crippen LogP contribution in [0.4, 0.5) is 0 Å². The predicted molar refractivity (Wildman–Crippen MR) is 61.3 cm³/mol. The van der Waals surface area contributed by atoms with Crippen molar-refractivity contribution in [2.45, 2.75) is 13.5 Å². The van der Waals surface area contributed by atoms with E-state index in [4.69, 9.17) is 5.73 Å². The van der Waals surface area contributed by atoms with Gasteiger partial charge < -0.3 is 10.3 Å². The summed E-state index contributed by atoms with van der Waals surface area (Å²) in [6.45, 7) is 2.60. The minimum absolute atomic E-state index is 0.523. The van der Waals surface area contributed by atoms with Crippen molar-refractivity contribution in [2.24, 2.45) is 12.8 Å². The number of imidazole rings is 1. The highest BCUT2D eigenvalue weighted by Crippen LogP contribution is 2.19. The molecule has 0 aliphatic heterocycles. The molecule has 2 rings (SSSR count). The molecule has 0 radical (unpaired) electrons. The molecule has 0 fully saturated rings. The number of aryl methyl sites for hydroxylation is 1. The van der Waals surface area contributed by atoms with Crippen LogP contribution in [-0.4, -0.2) is 9.55 Å². The van der Waals surface area contributed by atoms with E-state index in [9.17, 15) is 0 Å². The lowest BCUT2D eigenvalue weighted by Gasteiger charge is -2.05. The standard InChI is InChI=1S/C12H15N3/c1-9-4-3-5-10(6-9)12-14-8-11(7-13)15(12)2/h3-6,8H,7,13H2,1-2H3. The molecule has 3 heteroatoms. The van der Waals surface area contributed by atoms with Crippen molar-refractivity contribution >= 4 is 0 Å². The summed E-state index contributed by atoms with van der Waals surface area (Å²) in [5.74, 6) is 0.971. The number of nitrogens with zero attached hydrogens (tertiary/aromatic N) is 2. The van der Waals surface area contributed by atoms with E-state index in [0.29, 0.717) is 6.54 Å². The van der Waals surface area contributed by atoms with Gasteiger partial charge in [0.2, 0.25) is 0 Å². The molecule has 1 aromatic carbocycles. The molecule has 1 aromatic heterocycles. The normalized spacial score (nSPS) is 10.6. The lowest BCUT2D eigenvalue weighted by Crippen LogP contribution is -2.04. The minimum Gasteiger partial charge on any atom is -0.330 e. The second kappa shape index (κ2) is 3.87. The van der Waals surface area contributed by atoms with Crippen LogP contribution in [0.2, 0.25) is 0 Å². The summed E-state index contributed by atoms with van der Waals surface area (Å²) in [6.07, 6.45) is 1.83. The molecule has 1 heterocycles. The van der Waals surface area contributed by atoms with E-state index in [1.165, 1.54) is 5.56 Å². The average Bonchev–Trinajstić information content (AvgIpc) is 2.59. The number of benzene rings is 1. The van der Waals surface area contributed by atoms with Crippen molar-refractivity contribution in [1.82, 2.24) is 9.55 Å². The van der Waals surface area contributed by atoms with Gasteiger partial charge in [0.05, 0.1) is 11.9 Å². The molecule has 0 saturated carbocycles. The maximum Gasteiger partial charge on any atom is 0.139 e. The van der Waals surface area contributed by atoms with Crippen molar-refractivity contribution in [3.63, 3.8) is 0 Å². The molecule has 0 aliphatic rings. The fourth-order valence-electron chi connectivity index (χ4n) is 1.69. The molecule has 0 amide bonds. The maximum absolute atomic E-state index is 5.61. The highest BCUT2D eigenvalue weighted by Gasteiger charge is 2.06. The van der Waals surface area contributed by atoms with Crippen molar-refractivity contribution in [2.75, 3.05) is 0 Å². The van der Waals surface area contributed by atoms with E-state index in [2.05, 4.69) is 30.1 Å². The van der Waals surface area contributed by atoms with Gasteiger partial charge in [-0.05, 0) is 13.0 Å². The highest BCUT2D eigenvalue weighted by atomic mass is 15.1. The minimum atomic E-state index is 0.523. The van der Waals surface area contributed by atoms with Gasteiger partial charge in [0.1, 0.15) is 5.82 Å². The molecule has 0 spiro atoms. The molecule has 3 nitrogen and oxygen atoms in total. The molecular formula is C12H15N3. The summed E-state index contributed by atoms with van der Waals surface area (Å²) >= 11 is 0. The van der Waals surface area contributed by atoms with E-state index < -0.39 is 0 Å². The van der Waals surface area contributed by atoms with Gasteiger partial charge in [0.25, 0.3) is 0 Å². The smallest absolute Gasteiger partial charge is 0.139 e. The third-order valence-electron chi connectivity index (χ3n) is 2.57. The molecule has 0 bridgehead atoms. The summed E-state index contributed by atoms with van der Waals surface area (Å²) in [5.41, 5.74) is 9.04. The number of hydrogen-bond donors (Lipinski definition) is 1. The zero-order chi connectivity index (χ0) is 10.8. The van der Waals surface area contributed by atoms with Crippen molar-refractivity contribution in [3.8, 4) is 11.4 Å². The third kappa shape index (κ3) is 1.78. The van der Waals surface area contributed by atoms with E-state index >= 15 is 0 Å². The van der Waals surface area contributed by atoms with Crippen LogP contribution in [0.3, 0.4) is 0 Å². The van der Waals surface area contributed by atoms with Crippen molar-refractivity contribution < 1.29 is 0 Å². The fraction of sp³-hybridized carbons (Fsp3) is 0.250. The van der Waals surface area contributed by atoms with E-state index in [0.717, 1.165) is 17.1 Å². The lowest BCUT2D eigenvalue weighted by molar-refractivity contribution is 0.828. The Balaban J connectivity index is 2.49. The second-order valence-electron chi connectivity index (χ2n) is 3.71. The molecule has 0 atom stereocenters. The van der Waals surface area contributed by atoms with Gasteiger partial charge in [-0.25, -0.2) is 4.98 Å². The van der Waals surface area contributed by atoms with Gasteiger partial charge in [0, 0.05) is 19.2 Å². The Morgan fingerprint density at radius 2 is 2.20 bits per heavy atom. The molecule has 0 saturated heterocycles. The van der Waals surface area contributed by atoms with E-state index in [-0.39, 0.29) is 0 Å². The summed E-state index contributed by atoms with van der Waals surface area (Å²) in [7, 11) is 1.99. The van der Waals surface area contributed by atoms with Crippen molar-refractivity contribution in [3.05, 3.63) is 41.7 Å². The Hall–Kier alpha value is -1.61. The molecule has 15 heavy (non-hydrogen) atoms. The third-order valence-corrected chi connectivity index (χ3v) is 2.57. The highest BCUT2D eigenvalue weighted by molar-refractivity contribution is 5.57. The van der Waals surface area contributed by atoms with Gasteiger partial charge in [-0.1, -0.05) is 23.8 Å². The first-order valence-electron chi connectivity index (χ1n) is 5.00. The summed E-state index contributed by atoms with van der Waals surface area (Å²) in [5, 5.41) is 0. The number of hydrogen-bond acceptors (Lipinski definition) is 2. The second-order valence-corrected chi connectivity index (χ2v) is 3.71. The molecule has 0 unspecified atom stereocenters. The summed E-state index contributed by atoms with van der Waals surface area (Å²) < 4.78 is 2.04. The molecular weight excluding hydrogens is 186 g/mol. The van der Waals surface area contributed by atoms with E-state index in [1.807, 2.05) is 23.9 Å². The quantitative estimate of drug-likeness (QED) is 0.806. The first kappa shape index (κ1) is 9.93. The predicted octanol–water partition coefficient (Wildman–Crippen LogP) is 1.85. The van der Waals surface area contributed by atoms with Gasteiger partial charge >= 0.3 is 0 Å². The van der Waals surface area contributed by atoms with Crippen LogP contribution in [0.1, 0.15) is 11.3 Å². The number of rotatable bonds is 2. The van der Waals surface area contributed by atoms with Gasteiger partial charge in [-0.15, -0.1) is 0 Å². The van der Waals surface area contributed by atoms with Gasteiger partial charge in [0.15, 0.2) is 0 Å². The summed E-state index contributed by atoms with van der Waals surface area (Å²) in [6, 6.07) is 8.32. The van der Waals surface area contributed by atoms with Crippen LogP contribution in [-0.2, 0) is 13.6 Å². The Kier molecular flexibility index (Phi) is 2.56. The Labute approximate surface area is 89.6 Å². The zero-order valence-electron chi connectivity index (χ0n) is 9.07. The summed E-state index contributed by atoms with van der Waals surface area (Å²) in [4.78, 5) is 4.38. The fourth-order valence-corrected chi connectivity index (χ4v) is 1.69. The lowest BCUT2D eigenvalue weighted by atomic mass is 10.1. The Morgan fingerprint density at radius 1 is 1.40 bits per heavy atom. The molecule has 2 N–H and O–H groups in total. The molecule has 0 aliphatic carbocycles. The van der Waals surface area contributed by atoms with Crippen LogP contribution < -0.4 is 5.73 Å². The SMILES string of the molecule is Cc1cccc(-c2ncc(CN)n2C)c1. The van der Waals surface area contributed by atoms with Crippen LogP contribution in [0.25, 0.3) is 11.4 Å². The van der Waals surface area contributed by atoms with Crippen LogP contribution in [0, 0.1) is 6.92 Å².